The minimum atomic E-state index is -0.427. The van der Waals surface area contributed by atoms with Crippen molar-refractivity contribution in [3.05, 3.63) is 48.2 Å². The molecule has 2 heterocycles. The molecule has 1 N–H and O–H groups in total. The molecule has 1 unspecified atom stereocenters. The molecule has 1 saturated heterocycles. The molecule has 2 amide bonds. The van der Waals surface area contributed by atoms with Gasteiger partial charge in [0.2, 0.25) is 17.5 Å². The Balaban J connectivity index is 1.27. The first-order chi connectivity index (χ1) is 15.0. The van der Waals surface area contributed by atoms with Crippen molar-refractivity contribution in [2.24, 2.45) is 5.92 Å². The number of nitrogens with one attached hydrogen (secondary N) is 1. The number of carbonyl (C=O) groups excluding carboxylic acids is 2. The van der Waals surface area contributed by atoms with Gasteiger partial charge in [0.1, 0.15) is 18.0 Å². The number of rotatable bonds is 5. The van der Waals surface area contributed by atoms with Gasteiger partial charge in [0.05, 0.1) is 5.92 Å². The average molecular weight is 423 g/mol. The van der Waals surface area contributed by atoms with E-state index in [4.69, 9.17) is 10.00 Å². The van der Waals surface area contributed by atoms with Gasteiger partial charge in [0.15, 0.2) is 0 Å². The summed E-state index contributed by atoms with van der Waals surface area (Å²) in [5, 5.41) is 12.1. The molecule has 0 bridgehead atoms. The first-order valence-electron chi connectivity index (χ1n) is 10.3. The fourth-order valence-electron chi connectivity index (χ4n) is 4.04. The van der Waals surface area contributed by atoms with Crippen molar-refractivity contribution in [3.63, 3.8) is 0 Å². The number of benzene rings is 1. The third kappa shape index (κ3) is 4.79. The van der Waals surface area contributed by atoms with E-state index in [0.717, 1.165) is 25.7 Å². The van der Waals surface area contributed by atoms with Crippen LogP contribution in [0.1, 0.15) is 37.8 Å². The Labute approximate surface area is 179 Å². The smallest absolute Gasteiger partial charge is 0.251 e. The van der Waals surface area contributed by atoms with Gasteiger partial charge >= 0.3 is 0 Å². The van der Waals surface area contributed by atoms with E-state index >= 15 is 0 Å². The zero-order valence-electron chi connectivity index (χ0n) is 16.8. The van der Waals surface area contributed by atoms with E-state index in [1.807, 2.05) is 6.07 Å². The summed E-state index contributed by atoms with van der Waals surface area (Å²) in [5.74, 6) is -0.830. The molecule has 8 nitrogen and oxygen atoms in total. The maximum Gasteiger partial charge on any atom is 0.251 e. The van der Waals surface area contributed by atoms with E-state index in [1.165, 1.54) is 29.4 Å². The number of anilines is 1. The van der Waals surface area contributed by atoms with Crippen molar-refractivity contribution in [1.29, 1.82) is 5.26 Å². The number of carbonyl (C=O) groups is 2. The number of hydrogen-bond acceptors (Lipinski definition) is 6. The van der Waals surface area contributed by atoms with Crippen LogP contribution in [0.2, 0.25) is 0 Å². The van der Waals surface area contributed by atoms with Gasteiger partial charge in [-0.15, -0.1) is 0 Å². The van der Waals surface area contributed by atoms with Crippen molar-refractivity contribution in [2.45, 2.75) is 44.2 Å². The molecule has 4 rings (SSSR count). The van der Waals surface area contributed by atoms with E-state index in [-0.39, 0.29) is 47.8 Å². The molecule has 1 aromatic carbocycles. The summed E-state index contributed by atoms with van der Waals surface area (Å²) in [6.45, 7) is 0.290. The molecule has 0 radical (unpaired) electrons. The quantitative estimate of drug-likeness (QED) is 0.791. The Morgan fingerprint density at radius 2 is 1.87 bits per heavy atom. The Morgan fingerprint density at radius 3 is 2.58 bits per heavy atom. The summed E-state index contributed by atoms with van der Waals surface area (Å²) < 4.78 is 19.0. The van der Waals surface area contributed by atoms with Crippen molar-refractivity contribution in [1.82, 2.24) is 15.3 Å². The molecule has 1 atom stereocenters. The fraction of sp³-hybridized carbons (Fsp3) is 0.409. The average Bonchev–Trinajstić information content (AvgIpc) is 3.18. The summed E-state index contributed by atoms with van der Waals surface area (Å²) in [6, 6.07) is 7.68. The molecule has 31 heavy (non-hydrogen) atoms. The molecule has 2 aliphatic rings. The third-order valence-corrected chi connectivity index (χ3v) is 5.70. The highest BCUT2D eigenvalue weighted by molar-refractivity contribution is 6.00. The molecular weight excluding hydrogens is 401 g/mol. The maximum absolute atomic E-state index is 13.1. The van der Waals surface area contributed by atoms with Gasteiger partial charge in [-0.3, -0.25) is 9.59 Å². The first-order valence-corrected chi connectivity index (χ1v) is 10.3. The lowest BCUT2D eigenvalue weighted by Crippen LogP contribution is -2.43. The standard InChI is InChI=1S/C22H22FN5O3/c23-15-1-5-17(6-2-15)28-13-14(11-20(28)29)21(30)27-16-3-7-18(8-4-16)31-22-19(12-24)25-9-10-26-22/h1-2,5-6,9-10,14,16,18H,3-4,7-8,11,13H2,(H,27,30). The molecule has 2 aromatic rings. The highest BCUT2D eigenvalue weighted by atomic mass is 19.1. The summed E-state index contributed by atoms with van der Waals surface area (Å²) in [4.78, 5) is 34.6. The van der Waals surface area contributed by atoms with Crippen LogP contribution in [-0.4, -0.2) is 40.5 Å². The van der Waals surface area contributed by atoms with E-state index in [0.29, 0.717) is 12.2 Å². The van der Waals surface area contributed by atoms with Crippen LogP contribution in [0.3, 0.4) is 0 Å². The van der Waals surface area contributed by atoms with Gasteiger partial charge in [-0.2, -0.15) is 5.26 Å². The second kappa shape index (κ2) is 9.08. The highest BCUT2D eigenvalue weighted by Gasteiger charge is 2.36. The number of nitriles is 1. The molecule has 1 aliphatic heterocycles. The molecule has 1 aromatic heterocycles. The molecule has 160 valence electrons. The highest BCUT2D eigenvalue weighted by Crippen LogP contribution is 2.27. The normalized spacial score (nSPS) is 23.3. The minimum Gasteiger partial charge on any atom is -0.472 e. The second-order valence-corrected chi connectivity index (χ2v) is 7.80. The van der Waals surface area contributed by atoms with Crippen molar-refractivity contribution >= 4 is 17.5 Å². The summed E-state index contributed by atoms with van der Waals surface area (Å²) >= 11 is 0. The van der Waals surface area contributed by atoms with Gasteiger partial charge in [-0.1, -0.05) is 0 Å². The van der Waals surface area contributed by atoms with Crippen LogP contribution in [0.15, 0.2) is 36.7 Å². The lowest BCUT2D eigenvalue weighted by Gasteiger charge is -2.29. The third-order valence-electron chi connectivity index (χ3n) is 5.70. The minimum absolute atomic E-state index is 0.0135. The van der Waals surface area contributed by atoms with Crippen LogP contribution in [0.4, 0.5) is 10.1 Å². The van der Waals surface area contributed by atoms with Crippen LogP contribution in [0.5, 0.6) is 5.88 Å². The van der Waals surface area contributed by atoms with Gasteiger partial charge in [-0.05, 0) is 49.9 Å². The largest absolute Gasteiger partial charge is 0.472 e. The zero-order valence-corrected chi connectivity index (χ0v) is 16.8. The number of ether oxygens (including phenoxy) is 1. The lowest BCUT2D eigenvalue weighted by molar-refractivity contribution is -0.127. The Morgan fingerprint density at radius 1 is 1.16 bits per heavy atom. The summed E-state index contributed by atoms with van der Waals surface area (Å²) in [6.07, 6.45) is 5.91. The Kier molecular flexibility index (Phi) is 6.07. The van der Waals surface area contributed by atoms with Crippen molar-refractivity contribution in [3.8, 4) is 11.9 Å². The Bertz CT molecular complexity index is 999. The van der Waals surface area contributed by atoms with Gasteiger partial charge < -0.3 is 15.0 Å². The SMILES string of the molecule is N#Cc1nccnc1OC1CCC(NC(=O)C2CC(=O)N(c3ccc(F)cc3)C2)CC1. The van der Waals surface area contributed by atoms with E-state index in [2.05, 4.69) is 15.3 Å². The number of nitrogens with zero attached hydrogens (tertiary/aromatic N) is 4. The van der Waals surface area contributed by atoms with Crippen LogP contribution < -0.4 is 15.0 Å². The van der Waals surface area contributed by atoms with E-state index in [9.17, 15) is 14.0 Å². The zero-order chi connectivity index (χ0) is 21.8. The predicted octanol–water partition coefficient (Wildman–Crippen LogP) is 2.35. The molecule has 1 saturated carbocycles. The molecule has 9 heteroatoms. The van der Waals surface area contributed by atoms with Crippen LogP contribution in [0, 0.1) is 23.1 Å². The van der Waals surface area contributed by atoms with Crippen LogP contribution in [-0.2, 0) is 9.59 Å². The lowest BCUT2D eigenvalue weighted by atomic mass is 9.92. The van der Waals surface area contributed by atoms with Crippen molar-refractivity contribution < 1.29 is 18.7 Å². The van der Waals surface area contributed by atoms with Gasteiger partial charge in [-0.25, -0.2) is 14.4 Å². The summed E-state index contributed by atoms with van der Waals surface area (Å²) in [7, 11) is 0. The molecule has 2 fully saturated rings. The van der Waals surface area contributed by atoms with Crippen LogP contribution >= 0.6 is 0 Å². The predicted molar refractivity (Wildman–Crippen MR) is 108 cm³/mol. The molecule has 0 spiro atoms. The first kappa shape index (κ1) is 20.7. The fourth-order valence-corrected chi connectivity index (χ4v) is 4.04. The van der Waals surface area contributed by atoms with Gasteiger partial charge in [0, 0.05) is 37.1 Å². The monoisotopic (exact) mass is 423 g/mol. The number of halogens is 1. The number of hydrogen-bond donors (Lipinski definition) is 1. The van der Waals surface area contributed by atoms with E-state index in [1.54, 1.807) is 12.1 Å². The number of aromatic nitrogens is 2. The number of amides is 2. The van der Waals surface area contributed by atoms with Gasteiger partial charge in [0.25, 0.3) is 5.88 Å². The maximum atomic E-state index is 13.1. The molecule has 1 aliphatic carbocycles. The van der Waals surface area contributed by atoms with Crippen LogP contribution in [0.25, 0.3) is 0 Å². The van der Waals surface area contributed by atoms with E-state index < -0.39 is 5.92 Å². The topological polar surface area (TPSA) is 108 Å². The second-order valence-electron chi connectivity index (χ2n) is 7.80. The summed E-state index contributed by atoms with van der Waals surface area (Å²) in [5.41, 5.74) is 0.759. The Hall–Kier alpha value is -3.54. The van der Waals surface area contributed by atoms with Crippen molar-refractivity contribution in [2.75, 3.05) is 11.4 Å². The molecular formula is C22H22FN5O3.